The second-order valence-electron chi connectivity index (χ2n) is 1.64. The first-order chi connectivity index (χ1) is 3.91. The summed E-state index contributed by atoms with van der Waals surface area (Å²) in [6.45, 7) is 4.67. The summed E-state index contributed by atoms with van der Waals surface area (Å²) in [5.74, 6) is 0. The molecule has 0 amide bonds. The van der Waals surface area contributed by atoms with Crippen LogP contribution in [0.5, 0.6) is 0 Å². The van der Waals surface area contributed by atoms with Gasteiger partial charge in [-0.2, -0.15) is 0 Å². The summed E-state index contributed by atoms with van der Waals surface area (Å²) in [5, 5.41) is 0. The number of nitrogens with two attached hydrogens (primary N) is 1. The topological polar surface area (TPSA) is 50.1 Å². The Hall–Kier alpha value is -0.120. The maximum atomic E-state index is 5.21. The molecule has 4 N–H and O–H groups in total. The van der Waals surface area contributed by atoms with Gasteiger partial charge in [-0.3, -0.25) is 10.9 Å². The lowest BCUT2D eigenvalue weighted by Gasteiger charge is -2.01. The third-order valence-electron chi connectivity index (χ3n) is 0.769. The van der Waals surface area contributed by atoms with Crippen LogP contribution in [0.15, 0.2) is 0 Å². The molecule has 8 heavy (non-hydrogen) atoms. The molecule has 50 valence electrons. The van der Waals surface area contributed by atoms with Gasteiger partial charge in [-0.05, 0) is 6.42 Å². The van der Waals surface area contributed by atoms with Crippen molar-refractivity contribution in [2.24, 2.45) is 5.73 Å². The molecular weight excluding hydrogens is 102 g/mol. The summed E-state index contributed by atoms with van der Waals surface area (Å²) in [4.78, 5) is 0. The molecule has 0 heterocycles. The largest absolute Gasteiger partial charge is 0.329 e. The molecule has 0 aromatic rings. The van der Waals surface area contributed by atoms with Crippen molar-refractivity contribution < 1.29 is 0 Å². The summed E-state index contributed by atoms with van der Waals surface area (Å²) < 4.78 is 0. The van der Waals surface area contributed by atoms with Crippen molar-refractivity contribution in [3.8, 4) is 0 Å². The molecule has 0 aliphatic heterocycles. The van der Waals surface area contributed by atoms with Gasteiger partial charge in [0, 0.05) is 19.6 Å². The third kappa shape index (κ3) is 5.88. The van der Waals surface area contributed by atoms with E-state index >= 15 is 0 Å². The molecule has 3 nitrogen and oxygen atoms in total. The zero-order valence-electron chi connectivity index (χ0n) is 5.41. The molecule has 0 fully saturated rings. The zero-order chi connectivity index (χ0) is 6.24. The van der Waals surface area contributed by atoms with E-state index in [0.717, 1.165) is 19.5 Å². The van der Waals surface area contributed by atoms with Crippen LogP contribution in [0.25, 0.3) is 0 Å². The molecule has 0 rings (SSSR count). The van der Waals surface area contributed by atoms with Gasteiger partial charge in [0.25, 0.3) is 0 Å². The van der Waals surface area contributed by atoms with Gasteiger partial charge >= 0.3 is 0 Å². The van der Waals surface area contributed by atoms with Gasteiger partial charge in [0.15, 0.2) is 0 Å². The van der Waals surface area contributed by atoms with E-state index in [0.29, 0.717) is 6.54 Å². The first kappa shape index (κ1) is 7.88. The second kappa shape index (κ2) is 6.88. The lowest BCUT2D eigenvalue weighted by atomic mass is 10.5. The molecule has 0 saturated carbocycles. The van der Waals surface area contributed by atoms with Crippen molar-refractivity contribution >= 4 is 0 Å². The molecule has 0 saturated heterocycles. The normalized spacial score (nSPS) is 9.75. The highest BCUT2D eigenvalue weighted by molar-refractivity contribution is 4.39. The molecule has 0 bridgehead atoms. The van der Waals surface area contributed by atoms with Crippen LogP contribution >= 0.6 is 0 Å². The molecular formula is C5H15N3. The third-order valence-corrected chi connectivity index (χ3v) is 0.769. The predicted octanol–water partition coefficient (Wildman–Crippen LogP) is -0.551. The van der Waals surface area contributed by atoms with E-state index in [2.05, 4.69) is 17.8 Å². The minimum atomic E-state index is 0.691. The summed E-state index contributed by atoms with van der Waals surface area (Å²) >= 11 is 0. The van der Waals surface area contributed by atoms with Crippen LogP contribution in [0.3, 0.4) is 0 Å². The average molecular weight is 117 g/mol. The van der Waals surface area contributed by atoms with Gasteiger partial charge in [-0.1, -0.05) is 6.92 Å². The molecule has 0 spiro atoms. The SMILES string of the molecule is CCCNNCCN. The van der Waals surface area contributed by atoms with Gasteiger partial charge in [-0.15, -0.1) is 0 Å². The monoisotopic (exact) mass is 117 g/mol. The van der Waals surface area contributed by atoms with E-state index in [1.54, 1.807) is 0 Å². The van der Waals surface area contributed by atoms with Crippen LogP contribution in [0.2, 0.25) is 0 Å². The van der Waals surface area contributed by atoms with E-state index in [1.165, 1.54) is 0 Å². The fourth-order valence-electron chi connectivity index (χ4n) is 0.374. The Balaban J connectivity index is 2.53. The Labute approximate surface area is 50.6 Å². The lowest BCUT2D eigenvalue weighted by molar-refractivity contribution is 0.536. The van der Waals surface area contributed by atoms with Crippen molar-refractivity contribution in [3.05, 3.63) is 0 Å². The summed E-state index contributed by atoms with van der Waals surface area (Å²) in [6.07, 6.45) is 1.15. The molecule has 0 atom stereocenters. The van der Waals surface area contributed by atoms with E-state index in [1.807, 2.05) is 0 Å². The van der Waals surface area contributed by atoms with E-state index < -0.39 is 0 Å². The molecule has 3 heteroatoms. The van der Waals surface area contributed by atoms with E-state index in [4.69, 9.17) is 5.73 Å². The number of hydrogen-bond donors (Lipinski definition) is 3. The number of nitrogens with one attached hydrogen (secondary N) is 2. The lowest BCUT2D eigenvalue weighted by Crippen LogP contribution is -2.36. The fraction of sp³-hybridized carbons (Fsp3) is 1.00. The standard InChI is InChI=1S/C5H15N3/c1-2-4-7-8-5-3-6/h7-8H,2-6H2,1H3. The number of hydrazine groups is 1. The van der Waals surface area contributed by atoms with Crippen LogP contribution in [-0.4, -0.2) is 19.6 Å². The number of hydrogen-bond acceptors (Lipinski definition) is 3. The Morgan fingerprint density at radius 3 is 2.38 bits per heavy atom. The van der Waals surface area contributed by atoms with Crippen molar-refractivity contribution in [2.45, 2.75) is 13.3 Å². The van der Waals surface area contributed by atoms with Crippen molar-refractivity contribution in [2.75, 3.05) is 19.6 Å². The van der Waals surface area contributed by atoms with Gasteiger partial charge in [0.05, 0.1) is 0 Å². The quantitative estimate of drug-likeness (QED) is 0.334. The van der Waals surface area contributed by atoms with Gasteiger partial charge in [0.1, 0.15) is 0 Å². The first-order valence-corrected chi connectivity index (χ1v) is 3.07. The Bertz CT molecular complexity index is 32.7. The van der Waals surface area contributed by atoms with E-state index in [-0.39, 0.29) is 0 Å². The highest BCUT2D eigenvalue weighted by Gasteiger charge is 1.78. The van der Waals surface area contributed by atoms with Crippen LogP contribution in [0.4, 0.5) is 0 Å². The van der Waals surface area contributed by atoms with Gasteiger partial charge in [0.2, 0.25) is 0 Å². The highest BCUT2D eigenvalue weighted by Crippen LogP contribution is 1.63. The molecule has 0 aliphatic carbocycles. The molecule has 0 aromatic heterocycles. The van der Waals surface area contributed by atoms with E-state index in [9.17, 15) is 0 Å². The average Bonchev–Trinajstić information content (AvgIpc) is 1.81. The van der Waals surface area contributed by atoms with Crippen LogP contribution in [0, 0.1) is 0 Å². The summed E-state index contributed by atoms with van der Waals surface area (Å²) in [5.41, 5.74) is 11.2. The maximum absolute atomic E-state index is 5.21. The molecule has 0 aliphatic rings. The Kier molecular flexibility index (Phi) is 6.78. The molecule has 0 aromatic carbocycles. The first-order valence-electron chi connectivity index (χ1n) is 3.07. The minimum absolute atomic E-state index is 0.691. The van der Waals surface area contributed by atoms with Crippen molar-refractivity contribution in [1.29, 1.82) is 0 Å². The van der Waals surface area contributed by atoms with Gasteiger partial charge in [-0.25, -0.2) is 0 Å². The summed E-state index contributed by atoms with van der Waals surface area (Å²) in [7, 11) is 0. The minimum Gasteiger partial charge on any atom is -0.329 e. The maximum Gasteiger partial charge on any atom is 0.0223 e. The van der Waals surface area contributed by atoms with Crippen LogP contribution in [0.1, 0.15) is 13.3 Å². The molecule has 0 radical (unpaired) electrons. The van der Waals surface area contributed by atoms with Crippen molar-refractivity contribution in [3.63, 3.8) is 0 Å². The fourth-order valence-corrected chi connectivity index (χ4v) is 0.374. The number of rotatable bonds is 5. The second-order valence-corrected chi connectivity index (χ2v) is 1.64. The van der Waals surface area contributed by atoms with Crippen molar-refractivity contribution in [1.82, 2.24) is 10.9 Å². The Morgan fingerprint density at radius 2 is 1.88 bits per heavy atom. The molecule has 0 unspecified atom stereocenters. The Morgan fingerprint density at radius 1 is 1.25 bits per heavy atom. The summed E-state index contributed by atoms with van der Waals surface area (Å²) in [6, 6.07) is 0. The smallest absolute Gasteiger partial charge is 0.0223 e. The zero-order valence-corrected chi connectivity index (χ0v) is 5.41. The van der Waals surface area contributed by atoms with Crippen LogP contribution < -0.4 is 16.6 Å². The van der Waals surface area contributed by atoms with Crippen LogP contribution in [-0.2, 0) is 0 Å². The van der Waals surface area contributed by atoms with Gasteiger partial charge < -0.3 is 5.73 Å². The highest BCUT2D eigenvalue weighted by atomic mass is 15.3. The predicted molar refractivity (Wildman–Crippen MR) is 35.4 cm³/mol.